The molecule has 1 N–H and O–H groups in total. The van der Waals surface area contributed by atoms with E-state index in [-0.39, 0.29) is 11.6 Å². The Kier molecular flexibility index (Phi) is 5.44. The molecule has 0 aliphatic rings. The van der Waals surface area contributed by atoms with Crippen molar-refractivity contribution < 1.29 is 4.74 Å². The van der Waals surface area contributed by atoms with Gasteiger partial charge in [0.15, 0.2) is 0 Å². The summed E-state index contributed by atoms with van der Waals surface area (Å²) in [7, 11) is 1.75. The molecule has 1 atom stereocenters. The molecule has 0 aliphatic carbocycles. The summed E-state index contributed by atoms with van der Waals surface area (Å²) in [6, 6.07) is 8.20. The van der Waals surface area contributed by atoms with Gasteiger partial charge in [-0.05, 0) is 38.4 Å². The van der Waals surface area contributed by atoms with Crippen LogP contribution >= 0.6 is 11.6 Å². The van der Waals surface area contributed by atoms with E-state index < -0.39 is 0 Å². The van der Waals surface area contributed by atoms with Gasteiger partial charge in [0.2, 0.25) is 0 Å². The highest BCUT2D eigenvalue weighted by molar-refractivity contribution is 6.31. The Hall–Kier alpha value is -0.570. The van der Waals surface area contributed by atoms with Crippen LogP contribution in [0.5, 0.6) is 0 Å². The fourth-order valence-corrected chi connectivity index (χ4v) is 2.14. The van der Waals surface area contributed by atoms with Crippen LogP contribution in [0.1, 0.15) is 38.8 Å². The van der Waals surface area contributed by atoms with E-state index in [1.54, 1.807) is 7.11 Å². The third kappa shape index (κ3) is 4.30. The summed E-state index contributed by atoms with van der Waals surface area (Å²) in [6.07, 6.45) is 0.890. The summed E-state index contributed by atoms with van der Waals surface area (Å²) >= 11 is 6.25. The second-order valence-corrected chi connectivity index (χ2v) is 5.21. The molecular weight excluding hydrogens is 234 g/mol. The molecule has 0 saturated carbocycles. The molecule has 1 rings (SSSR count). The van der Waals surface area contributed by atoms with Crippen molar-refractivity contribution in [1.29, 1.82) is 0 Å². The Labute approximate surface area is 109 Å². The van der Waals surface area contributed by atoms with E-state index in [9.17, 15) is 0 Å². The second-order valence-electron chi connectivity index (χ2n) is 4.80. The first kappa shape index (κ1) is 14.5. The maximum absolute atomic E-state index is 6.25. The lowest BCUT2D eigenvalue weighted by molar-refractivity contribution is 0.00698. The Morgan fingerprint density at radius 3 is 2.53 bits per heavy atom. The summed E-state index contributed by atoms with van der Waals surface area (Å²) < 4.78 is 5.49. The minimum Gasteiger partial charge on any atom is -0.379 e. The van der Waals surface area contributed by atoms with Crippen LogP contribution in [0.25, 0.3) is 0 Å². The van der Waals surface area contributed by atoms with Crippen LogP contribution in [0.3, 0.4) is 0 Å². The smallest absolute Gasteiger partial charge is 0.0640 e. The van der Waals surface area contributed by atoms with Gasteiger partial charge >= 0.3 is 0 Å². The monoisotopic (exact) mass is 255 g/mol. The Balaban J connectivity index is 2.90. The highest BCUT2D eigenvalue weighted by Gasteiger charge is 2.24. The quantitative estimate of drug-likeness (QED) is 0.835. The number of rotatable bonds is 6. The number of hydrogen-bond acceptors (Lipinski definition) is 2. The summed E-state index contributed by atoms with van der Waals surface area (Å²) in [5, 5.41) is 4.28. The first-order chi connectivity index (χ1) is 8.00. The van der Waals surface area contributed by atoms with Crippen molar-refractivity contribution in [2.24, 2.45) is 0 Å². The van der Waals surface area contributed by atoms with Crippen LogP contribution in [0.15, 0.2) is 24.3 Å². The highest BCUT2D eigenvalue weighted by Crippen LogP contribution is 2.30. The van der Waals surface area contributed by atoms with Crippen molar-refractivity contribution in [2.45, 2.75) is 38.8 Å². The standard InChI is InChI=1S/C14H22ClNO/c1-5-16-13(10-14(2,3)17-4)11-8-6-7-9-12(11)15/h6-9,13,16H,5,10H2,1-4H3. The Morgan fingerprint density at radius 1 is 1.35 bits per heavy atom. The summed E-state index contributed by atoms with van der Waals surface area (Å²) in [6.45, 7) is 7.20. The average molecular weight is 256 g/mol. The van der Waals surface area contributed by atoms with Gasteiger partial charge in [-0.1, -0.05) is 36.7 Å². The molecule has 0 fully saturated rings. The maximum atomic E-state index is 6.25. The molecule has 0 amide bonds. The molecule has 3 heteroatoms. The highest BCUT2D eigenvalue weighted by atomic mass is 35.5. The van der Waals surface area contributed by atoms with E-state index >= 15 is 0 Å². The predicted molar refractivity (Wildman–Crippen MR) is 73.6 cm³/mol. The molecule has 1 aromatic carbocycles. The number of ether oxygens (including phenoxy) is 1. The van der Waals surface area contributed by atoms with Crippen molar-refractivity contribution >= 4 is 11.6 Å². The van der Waals surface area contributed by atoms with Gasteiger partial charge in [0.05, 0.1) is 5.60 Å². The fourth-order valence-electron chi connectivity index (χ4n) is 1.87. The number of methoxy groups -OCH3 is 1. The molecule has 0 aliphatic heterocycles. The molecule has 17 heavy (non-hydrogen) atoms. The van der Waals surface area contributed by atoms with Gasteiger partial charge in [-0.2, -0.15) is 0 Å². The van der Waals surface area contributed by atoms with Crippen molar-refractivity contribution in [3.63, 3.8) is 0 Å². The van der Waals surface area contributed by atoms with Crippen LogP contribution < -0.4 is 5.32 Å². The van der Waals surface area contributed by atoms with Crippen LogP contribution in [0, 0.1) is 0 Å². The molecule has 0 radical (unpaired) electrons. The number of halogens is 1. The molecule has 1 unspecified atom stereocenters. The maximum Gasteiger partial charge on any atom is 0.0640 e. The second kappa shape index (κ2) is 6.39. The van der Waals surface area contributed by atoms with Crippen LogP contribution in [-0.4, -0.2) is 19.3 Å². The Morgan fingerprint density at radius 2 is 2.00 bits per heavy atom. The topological polar surface area (TPSA) is 21.3 Å². The third-order valence-electron chi connectivity index (χ3n) is 2.98. The number of nitrogens with one attached hydrogen (secondary N) is 1. The zero-order valence-electron chi connectivity index (χ0n) is 11.1. The zero-order chi connectivity index (χ0) is 12.9. The SMILES string of the molecule is CCNC(CC(C)(C)OC)c1ccccc1Cl. The number of benzene rings is 1. The molecule has 0 spiro atoms. The molecule has 2 nitrogen and oxygen atoms in total. The van der Waals surface area contributed by atoms with E-state index in [2.05, 4.69) is 32.2 Å². The van der Waals surface area contributed by atoms with Gasteiger partial charge < -0.3 is 10.1 Å². The van der Waals surface area contributed by atoms with Crippen molar-refractivity contribution in [1.82, 2.24) is 5.32 Å². The average Bonchev–Trinajstić information content (AvgIpc) is 2.29. The Bertz CT molecular complexity index is 352. The lowest BCUT2D eigenvalue weighted by Crippen LogP contribution is -2.32. The molecular formula is C14H22ClNO. The summed E-state index contributed by atoms with van der Waals surface area (Å²) in [5.41, 5.74) is 0.979. The lowest BCUT2D eigenvalue weighted by Gasteiger charge is -2.29. The first-order valence-corrected chi connectivity index (χ1v) is 6.41. The van der Waals surface area contributed by atoms with E-state index in [0.29, 0.717) is 0 Å². The third-order valence-corrected chi connectivity index (χ3v) is 3.32. The fraction of sp³-hybridized carbons (Fsp3) is 0.571. The van der Waals surface area contributed by atoms with Gasteiger partial charge in [0.25, 0.3) is 0 Å². The lowest BCUT2D eigenvalue weighted by atomic mass is 9.93. The molecule has 96 valence electrons. The van der Waals surface area contributed by atoms with Crippen LogP contribution in [-0.2, 0) is 4.74 Å². The largest absolute Gasteiger partial charge is 0.379 e. The minimum atomic E-state index is -0.161. The van der Waals surface area contributed by atoms with E-state index in [4.69, 9.17) is 16.3 Å². The van der Waals surface area contributed by atoms with Crippen molar-refractivity contribution in [3.05, 3.63) is 34.9 Å². The van der Waals surface area contributed by atoms with Crippen LogP contribution in [0.4, 0.5) is 0 Å². The van der Waals surface area contributed by atoms with Gasteiger partial charge in [-0.3, -0.25) is 0 Å². The number of hydrogen-bond donors (Lipinski definition) is 1. The summed E-state index contributed by atoms with van der Waals surface area (Å²) in [4.78, 5) is 0. The molecule has 1 aromatic rings. The zero-order valence-corrected chi connectivity index (χ0v) is 11.8. The van der Waals surface area contributed by atoms with Gasteiger partial charge in [0.1, 0.15) is 0 Å². The molecule has 0 aromatic heterocycles. The van der Waals surface area contributed by atoms with Crippen molar-refractivity contribution in [2.75, 3.05) is 13.7 Å². The normalized spacial score (nSPS) is 13.7. The molecule has 0 bridgehead atoms. The predicted octanol–water partition coefficient (Wildman–Crippen LogP) is 3.81. The molecule has 0 heterocycles. The van der Waals surface area contributed by atoms with Gasteiger partial charge in [0, 0.05) is 18.2 Å². The first-order valence-electron chi connectivity index (χ1n) is 6.03. The van der Waals surface area contributed by atoms with E-state index in [1.807, 2.05) is 18.2 Å². The van der Waals surface area contributed by atoms with Crippen LogP contribution in [0.2, 0.25) is 5.02 Å². The van der Waals surface area contributed by atoms with Crippen molar-refractivity contribution in [3.8, 4) is 0 Å². The van der Waals surface area contributed by atoms with Gasteiger partial charge in [-0.25, -0.2) is 0 Å². The molecule has 0 saturated heterocycles. The van der Waals surface area contributed by atoms with E-state index in [0.717, 1.165) is 23.6 Å². The van der Waals surface area contributed by atoms with E-state index in [1.165, 1.54) is 0 Å². The minimum absolute atomic E-state index is 0.161. The summed E-state index contributed by atoms with van der Waals surface area (Å²) in [5.74, 6) is 0. The van der Waals surface area contributed by atoms with Gasteiger partial charge in [-0.15, -0.1) is 0 Å².